The van der Waals surface area contributed by atoms with Crippen LogP contribution in [-0.4, -0.2) is 39.1 Å². The van der Waals surface area contributed by atoms with Gasteiger partial charge in [0.15, 0.2) is 11.4 Å². The number of H-pyrrole nitrogens is 3. The zero-order valence-corrected chi connectivity index (χ0v) is 19.9. The van der Waals surface area contributed by atoms with Crippen LogP contribution >= 0.6 is 0 Å². The van der Waals surface area contributed by atoms with Gasteiger partial charge in [-0.2, -0.15) is 0 Å². The van der Waals surface area contributed by atoms with Crippen molar-refractivity contribution < 1.29 is 13.2 Å². The van der Waals surface area contributed by atoms with E-state index < -0.39 is 21.0 Å². The number of pyridine rings is 1. The first-order valence-corrected chi connectivity index (χ1v) is 12.2. The van der Waals surface area contributed by atoms with E-state index in [4.69, 9.17) is 4.98 Å². The third-order valence-electron chi connectivity index (χ3n) is 5.58. The number of Topliss-reactive ketones (excluding diaryl/α,β-unsaturated/α-hetero) is 1. The van der Waals surface area contributed by atoms with Gasteiger partial charge in [-0.25, -0.2) is 18.4 Å². The molecule has 0 aliphatic heterocycles. The van der Waals surface area contributed by atoms with Gasteiger partial charge in [0.2, 0.25) is 5.56 Å². The smallest absolute Gasteiger partial charge is 0.263 e. The summed E-state index contributed by atoms with van der Waals surface area (Å²) in [6.07, 6.45) is 6.02. The number of nitrogens with one attached hydrogen (secondary N) is 4. The van der Waals surface area contributed by atoms with Crippen molar-refractivity contribution >= 4 is 43.6 Å². The molecule has 0 unspecified atom stereocenters. The highest BCUT2D eigenvalue weighted by molar-refractivity contribution is 7.92. The van der Waals surface area contributed by atoms with Gasteiger partial charge in [-0.1, -0.05) is 20.8 Å². The maximum absolute atomic E-state index is 13.0. The lowest BCUT2D eigenvalue weighted by atomic mass is 9.87. The number of nitrogens with zero attached hydrogens (tertiary/aromatic N) is 2. The molecule has 4 N–H and O–H groups in total. The molecule has 10 nitrogen and oxygen atoms in total. The Kier molecular flexibility index (Phi) is 5.09. The Balaban J connectivity index is 1.61. The van der Waals surface area contributed by atoms with Crippen molar-refractivity contribution in [2.24, 2.45) is 5.41 Å². The molecule has 5 rings (SSSR count). The Bertz CT molecular complexity index is 1750. The van der Waals surface area contributed by atoms with Crippen LogP contribution in [-0.2, 0) is 10.0 Å². The number of aromatic nitrogens is 5. The predicted octanol–water partition coefficient (Wildman–Crippen LogP) is 3.82. The largest absolute Gasteiger partial charge is 0.361 e. The molecule has 0 aliphatic rings. The quantitative estimate of drug-likeness (QED) is 0.275. The molecule has 35 heavy (non-hydrogen) atoms. The Morgan fingerprint density at radius 2 is 1.83 bits per heavy atom. The lowest BCUT2D eigenvalue weighted by Gasteiger charge is -2.15. The molecule has 0 bridgehead atoms. The molecule has 178 valence electrons. The van der Waals surface area contributed by atoms with E-state index in [1.54, 1.807) is 30.7 Å². The predicted molar refractivity (Wildman–Crippen MR) is 133 cm³/mol. The van der Waals surface area contributed by atoms with Crippen LogP contribution in [0, 0.1) is 5.41 Å². The van der Waals surface area contributed by atoms with Crippen LogP contribution in [0.15, 0.2) is 64.8 Å². The van der Waals surface area contributed by atoms with Crippen molar-refractivity contribution in [3.8, 4) is 11.3 Å². The van der Waals surface area contributed by atoms with Crippen molar-refractivity contribution in [1.82, 2.24) is 24.9 Å². The van der Waals surface area contributed by atoms with E-state index in [1.807, 2.05) is 26.8 Å². The van der Waals surface area contributed by atoms with Gasteiger partial charge in [-0.3, -0.25) is 14.3 Å². The van der Waals surface area contributed by atoms with Crippen molar-refractivity contribution in [2.75, 3.05) is 4.72 Å². The summed E-state index contributed by atoms with van der Waals surface area (Å²) in [5.74, 6) is -0.0654. The highest BCUT2D eigenvalue weighted by Gasteiger charge is 2.26. The van der Waals surface area contributed by atoms with Gasteiger partial charge in [0.05, 0.1) is 23.1 Å². The van der Waals surface area contributed by atoms with Crippen molar-refractivity contribution in [2.45, 2.75) is 25.7 Å². The summed E-state index contributed by atoms with van der Waals surface area (Å²) >= 11 is 0. The molecule has 4 aromatic heterocycles. The standard InChI is InChI=1S/C24H22N6O4S/c1-24(2,3)22(32)16-11-27-23-21(16)29-19(12-28-23)13-8-17-15(6-7-25-17)18(9-13)30-35(33,34)14-4-5-20(31)26-10-14/h4-12,25,30H,1-3H3,(H,26,31)(H,27,28). The Labute approximate surface area is 199 Å². The SMILES string of the molecule is CC(C)(C)C(=O)c1c[nH]c2ncc(-c3cc(NS(=O)(=O)c4ccc(=O)[nH]c4)c4cc[nH]c4c3)nc12. The van der Waals surface area contributed by atoms with Gasteiger partial charge in [-0.15, -0.1) is 0 Å². The number of benzene rings is 1. The van der Waals surface area contributed by atoms with Crippen LogP contribution < -0.4 is 10.3 Å². The van der Waals surface area contributed by atoms with E-state index in [1.165, 1.54) is 6.07 Å². The third kappa shape index (κ3) is 4.10. The summed E-state index contributed by atoms with van der Waals surface area (Å²) in [5.41, 5.74) is 2.47. The van der Waals surface area contributed by atoms with E-state index in [9.17, 15) is 18.0 Å². The summed E-state index contributed by atoms with van der Waals surface area (Å²) in [6.45, 7) is 5.52. The maximum atomic E-state index is 13.0. The van der Waals surface area contributed by atoms with Crippen LogP contribution in [0.5, 0.6) is 0 Å². The lowest BCUT2D eigenvalue weighted by Crippen LogP contribution is -2.20. The fourth-order valence-electron chi connectivity index (χ4n) is 3.77. The van der Waals surface area contributed by atoms with Crippen LogP contribution in [0.3, 0.4) is 0 Å². The summed E-state index contributed by atoms with van der Waals surface area (Å²) < 4.78 is 28.5. The van der Waals surface area contributed by atoms with Gasteiger partial charge < -0.3 is 15.0 Å². The minimum absolute atomic E-state index is 0.0654. The van der Waals surface area contributed by atoms with Crippen molar-refractivity contribution in [3.05, 3.63) is 71.0 Å². The van der Waals surface area contributed by atoms with Gasteiger partial charge in [-0.05, 0) is 24.3 Å². The minimum Gasteiger partial charge on any atom is -0.361 e. The number of rotatable bonds is 5. The molecule has 0 fully saturated rings. The van der Waals surface area contributed by atoms with E-state index >= 15 is 0 Å². The monoisotopic (exact) mass is 490 g/mol. The molecular weight excluding hydrogens is 468 g/mol. The molecule has 1 aromatic carbocycles. The summed E-state index contributed by atoms with van der Waals surface area (Å²) in [7, 11) is -3.98. The maximum Gasteiger partial charge on any atom is 0.263 e. The molecule has 0 atom stereocenters. The van der Waals surface area contributed by atoms with Crippen LogP contribution in [0.25, 0.3) is 33.3 Å². The highest BCUT2D eigenvalue weighted by Crippen LogP contribution is 2.32. The van der Waals surface area contributed by atoms with Crippen LogP contribution in [0.1, 0.15) is 31.1 Å². The van der Waals surface area contributed by atoms with Crippen molar-refractivity contribution in [3.63, 3.8) is 0 Å². The molecule has 4 heterocycles. The van der Waals surface area contributed by atoms with Crippen LogP contribution in [0.2, 0.25) is 0 Å². The first-order valence-electron chi connectivity index (χ1n) is 10.7. The first kappa shape index (κ1) is 22.5. The Morgan fingerprint density at radius 1 is 1.03 bits per heavy atom. The minimum atomic E-state index is -3.98. The zero-order chi connectivity index (χ0) is 25.0. The molecule has 0 saturated carbocycles. The third-order valence-corrected chi connectivity index (χ3v) is 6.94. The van der Waals surface area contributed by atoms with E-state index in [0.717, 1.165) is 12.3 Å². The number of fused-ring (bicyclic) bond motifs is 2. The van der Waals surface area contributed by atoms with E-state index in [2.05, 4.69) is 24.7 Å². The number of carbonyl (C=O) groups is 1. The number of hydrogen-bond donors (Lipinski definition) is 4. The number of sulfonamides is 1. The number of aromatic amines is 3. The Hall–Kier alpha value is -4.25. The number of carbonyl (C=O) groups excluding carboxylic acids is 1. The van der Waals surface area contributed by atoms with Gasteiger partial charge in [0.1, 0.15) is 10.4 Å². The van der Waals surface area contributed by atoms with Gasteiger partial charge in [0.25, 0.3) is 10.0 Å². The number of anilines is 1. The molecule has 11 heteroatoms. The average molecular weight is 491 g/mol. The number of ketones is 1. The molecule has 0 saturated heterocycles. The molecule has 0 spiro atoms. The van der Waals surface area contributed by atoms with E-state index in [-0.39, 0.29) is 10.7 Å². The second-order valence-corrected chi connectivity index (χ2v) is 10.9. The fourth-order valence-corrected chi connectivity index (χ4v) is 4.81. The first-order chi connectivity index (χ1) is 16.5. The van der Waals surface area contributed by atoms with E-state index in [0.29, 0.717) is 44.6 Å². The molecule has 0 radical (unpaired) electrons. The normalized spacial score (nSPS) is 12.3. The second-order valence-electron chi connectivity index (χ2n) is 9.19. The zero-order valence-electron chi connectivity index (χ0n) is 19.1. The average Bonchev–Trinajstić information content (AvgIpc) is 3.44. The fraction of sp³-hybridized carbons (Fsp3) is 0.167. The topological polar surface area (TPSA) is 153 Å². The summed E-state index contributed by atoms with van der Waals surface area (Å²) in [4.78, 5) is 41.7. The van der Waals surface area contributed by atoms with Crippen molar-refractivity contribution in [1.29, 1.82) is 0 Å². The summed E-state index contributed by atoms with van der Waals surface area (Å²) in [5, 5.41) is 0.654. The van der Waals surface area contributed by atoms with Crippen LogP contribution in [0.4, 0.5) is 5.69 Å². The molecule has 5 aromatic rings. The molecular formula is C24H22N6O4S. The lowest BCUT2D eigenvalue weighted by molar-refractivity contribution is 0.0860. The highest BCUT2D eigenvalue weighted by atomic mass is 32.2. The molecule has 0 amide bonds. The Morgan fingerprint density at radius 3 is 2.54 bits per heavy atom. The second kappa shape index (κ2) is 7.91. The van der Waals surface area contributed by atoms with Gasteiger partial charge in [0, 0.05) is 46.5 Å². The number of hydrogen-bond acceptors (Lipinski definition) is 6. The van der Waals surface area contributed by atoms with Gasteiger partial charge >= 0.3 is 0 Å². The molecule has 0 aliphatic carbocycles. The summed E-state index contributed by atoms with van der Waals surface area (Å²) in [6, 6.07) is 7.63.